The monoisotopic (exact) mass is 325 g/mol. The molecule has 1 aliphatic rings. The van der Waals surface area contributed by atoms with Gasteiger partial charge >= 0.3 is 0 Å². The maximum absolute atomic E-state index is 12.5. The highest BCUT2D eigenvalue weighted by Gasteiger charge is 2.23. The molecule has 1 amide bonds. The summed E-state index contributed by atoms with van der Waals surface area (Å²) in [4.78, 5) is 16.8. The Kier molecular flexibility index (Phi) is 5.20. The van der Waals surface area contributed by atoms with Crippen molar-refractivity contribution in [2.45, 2.75) is 11.8 Å². The van der Waals surface area contributed by atoms with E-state index < -0.39 is 10.0 Å². The van der Waals surface area contributed by atoms with Gasteiger partial charge in [-0.25, -0.2) is 12.7 Å². The number of benzene rings is 1. The van der Waals surface area contributed by atoms with Crippen molar-refractivity contribution < 1.29 is 13.2 Å². The highest BCUT2D eigenvalue weighted by atomic mass is 32.2. The van der Waals surface area contributed by atoms with E-state index in [-0.39, 0.29) is 10.8 Å². The summed E-state index contributed by atoms with van der Waals surface area (Å²) in [7, 11) is -0.562. The maximum atomic E-state index is 12.5. The van der Waals surface area contributed by atoms with Crippen molar-refractivity contribution in [1.29, 1.82) is 0 Å². The first kappa shape index (κ1) is 16.9. The summed E-state index contributed by atoms with van der Waals surface area (Å²) in [5.41, 5.74) is 0.424. The normalized spacial score (nSPS) is 17.0. The Labute approximate surface area is 132 Å². The van der Waals surface area contributed by atoms with Crippen LogP contribution in [-0.4, -0.2) is 75.2 Å². The molecule has 0 aliphatic carbocycles. The second-order valence-corrected chi connectivity index (χ2v) is 7.69. The van der Waals surface area contributed by atoms with Crippen molar-refractivity contribution in [3.05, 3.63) is 29.8 Å². The zero-order valence-corrected chi connectivity index (χ0v) is 14.1. The van der Waals surface area contributed by atoms with Crippen molar-refractivity contribution in [3.8, 4) is 0 Å². The first-order valence-corrected chi connectivity index (χ1v) is 8.84. The molecule has 0 saturated carbocycles. The standard InChI is InChI=1S/C15H23N3O3S/c1-4-17-8-10-18(11-9-17)15(19)13-6-5-7-14(12-13)22(20,21)16(2)3/h5-7,12H,4,8-11H2,1-3H3. The largest absolute Gasteiger partial charge is 0.336 e. The van der Waals surface area contributed by atoms with Gasteiger partial charge in [0.1, 0.15) is 0 Å². The maximum Gasteiger partial charge on any atom is 0.253 e. The summed E-state index contributed by atoms with van der Waals surface area (Å²) in [6.07, 6.45) is 0. The zero-order chi connectivity index (χ0) is 16.3. The summed E-state index contributed by atoms with van der Waals surface area (Å²) in [6, 6.07) is 6.26. The third-order valence-electron chi connectivity index (χ3n) is 3.97. The van der Waals surface area contributed by atoms with E-state index in [2.05, 4.69) is 11.8 Å². The average molecular weight is 325 g/mol. The number of hydrogen-bond acceptors (Lipinski definition) is 4. The van der Waals surface area contributed by atoms with Crippen LogP contribution in [0, 0.1) is 0 Å². The molecule has 122 valence electrons. The van der Waals surface area contributed by atoms with Crippen LogP contribution in [0.2, 0.25) is 0 Å². The molecule has 0 N–H and O–H groups in total. The number of piperazine rings is 1. The van der Waals surface area contributed by atoms with Crippen LogP contribution in [0.15, 0.2) is 29.2 Å². The number of rotatable bonds is 4. The lowest BCUT2D eigenvalue weighted by atomic mass is 10.2. The van der Waals surface area contributed by atoms with Gasteiger partial charge in [0, 0.05) is 45.8 Å². The van der Waals surface area contributed by atoms with E-state index in [9.17, 15) is 13.2 Å². The molecule has 1 aromatic carbocycles. The van der Waals surface area contributed by atoms with E-state index in [1.165, 1.54) is 26.2 Å². The number of hydrogen-bond donors (Lipinski definition) is 0. The van der Waals surface area contributed by atoms with Gasteiger partial charge in [0.2, 0.25) is 10.0 Å². The number of carbonyl (C=O) groups is 1. The van der Waals surface area contributed by atoms with Gasteiger partial charge in [0.25, 0.3) is 5.91 Å². The van der Waals surface area contributed by atoms with Crippen LogP contribution in [0.25, 0.3) is 0 Å². The van der Waals surface area contributed by atoms with Gasteiger partial charge in [-0.2, -0.15) is 0 Å². The van der Waals surface area contributed by atoms with Gasteiger partial charge in [0.15, 0.2) is 0 Å². The van der Waals surface area contributed by atoms with E-state index in [0.717, 1.165) is 23.9 Å². The molecule has 0 bridgehead atoms. The molecule has 1 aliphatic heterocycles. The Morgan fingerprint density at radius 1 is 1.18 bits per heavy atom. The third kappa shape index (κ3) is 3.48. The Morgan fingerprint density at radius 3 is 2.36 bits per heavy atom. The number of likely N-dealkylation sites (N-methyl/N-ethyl adjacent to an activating group) is 1. The molecule has 1 heterocycles. The third-order valence-corrected chi connectivity index (χ3v) is 5.78. The van der Waals surface area contributed by atoms with E-state index in [0.29, 0.717) is 18.7 Å². The van der Waals surface area contributed by atoms with Crippen LogP contribution in [0.3, 0.4) is 0 Å². The summed E-state index contributed by atoms with van der Waals surface area (Å²) < 4.78 is 25.5. The molecule has 0 atom stereocenters. The minimum Gasteiger partial charge on any atom is -0.336 e. The lowest BCUT2D eigenvalue weighted by molar-refractivity contribution is 0.0643. The quantitative estimate of drug-likeness (QED) is 0.818. The van der Waals surface area contributed by atoms with Gasteiger partial charge in [0.05, 0.1) is 4.90 Å². The predicted molar refractivity (Wildman–Crippen MR) is 85.3 cm³/mol. The van der Waals surface area contributed by atoms with Crippen LogP contribution < -0.4 is 0 Å². The Hall–Kier alpha value is -1.44. The number of nitrogens with zero attached hydrogens (tertiary/aromatic N) is 3. The highest BCUT2D eigenvalue weighted by Crippen LogP contribution is 2.17. The summed E-state index contributed by atoms with van der Waals surface area (Å²) in [5.74, 6) is -0.105. The molecule has 7 heteroatoms. The smallest absolute Gasteiger partial charge is 0.253 e. The second kappa shape index (κ2) is 6.76. The second-order valence-electron chi connectivity index (χ2n) is 5.54. The van der Waals surface area contributed by atoms with Crippen molar-refractivity contribution in [2.24, 2.45) is 0 Å². The molecule has 0 aromatic heterocycles. The van der Waals surface area contributed by atoms with E-state index in [1.807, 2.05) is 0 Å². The molecular weight excluding hydrogens is 302 g/mol. The van der Waals surface area contributed by atoms with Gasteiger partial charge in [-0.3, -0.25) is 4.79 Å². The van der Waals surface area contributed by atoms with E-state index in [4.69, 9.17) is 0 Å². The Morgan fingerprint density at radius 2 is 1.82 bits per heavy atom. The van der Waals surface area contributed by atoms with Crippen LogP contribution >= 0.6 is 0 Å². The first-order valence-electron chi connectivity index (χ1n) is 7.40. The number of sulfonamides is 1. The molecule has 22 heavy (non-hydrogen) atoms. The lowest BCUT2D eigenvalue weighted by Gasteiger charge is -2.34. The topological polar surface area (TPSA) is 60.9 Å². The Bertz CT molecular complexity index is 635. The summed E-state index contributed by atoms with van der Waals surface area (Å²) in [5, 5.41) is 0. The zero-order valence-electron chi connectivity index (χ0n) is 13.3. The van der Waals surface area contributed by atoms with Crippen molar-refractivity contribution in [1.82, 2.24) is 14.1 Å². The van der Waals surface area contributed by atoms with Gasteiger partial charge in [-0.1, -0.05) is 13.0 Å². The summed E-state index contributed by atoms with van der Waals surface area (Å²) in [6.45, 7) is 6.16. The van der Waals surface area contributed by atoms with Crippen molar-refractivity contribution in [2.75, 3.05) is 46.8 Å². The molecule has 0 radical (unpaired) electrons. The minimum atomic E-state index is -3.52. The number of amides is 1. The summed E-state index contributed by atoms with van der Waals surface area (Å²) >= 11 is 0. The van der Waals surface area contributed by atoms with E-state index in [1.54, 1.807) is 17.0 Å². The molecule has 1 aromatic rings. The first-order chi connectivity index (χ1) is 10.4. The predicted octanol–water partition coefficient (Wildman–Crippen LogP) is 0.715. The molecule has 0 unspecified atom stereocenters. The van der Waals surface area contributed by atoms with Gasteiger partial charge < -0.3 is 9.80 Å². The lowest BCUT2D eigenvalue weighted by Crippen LogP contribution is -2.48. The molecular formula is C15H23N3O3S. The molecule has 1 saturated heterocycles. The fourth-order valence-corrected chi connectivity index (χ4v) is 3.40. The fraction of sp³-hybridized carbons (Fsp3) is 0.533. The molecule has 2 rings (SSSR count). The van der Waals surface area contributed by atoms with Crippen LogP contribution in [0.5, 0.6) is 0 Å². The molecule has 0 spiro atoms. The molecule has 6 nitrogen and oxygen atoms in total. The van der Waals surface area contributed by atoms with Gasteiger partial charge in [-0.05, 0) is 24.7 Å². The SMILES string of the molecule is CCN1CCN(C(=O)c2cccc(S(=O)(=O)N(C)C)c2)CC1. The van der Waals surface area contributed by atoms with Crippen molar-refractivity contribution in [3.63, 3.8) is 0 Å². The minimum absolute atomic E-state index is 0.105. The van der Waals surface area contributed by atoms with Gasteiger partial charge in [-0.15, -0.1) is 0 Å². The average Bonchev–Trinajstić information content (AvgIpc) is 2.54. The van der Waals surface area contributed by atoms with Crippen molar-refractivity contribution >= 4 is 15.9 Å². The van der Waals surface area contributed by atoms with E-state index >= 15 is 0 Å². The van der Waals surface area contributed by atoms with Crippen LogP contribution in [0.4, 0.5) is 0 Å². The number of carbonyl (C=O) groups excluding carboxylic acids is 1. The van der Waals surface area contributed by atoms with Crippen LogP contribution in [0.1, 0.15) is 17.3 Å². The highest BCUT2D eigenvalue weighted by molar-refractivity contribution is 7.89. The Balaban J connectivity index is 2.18. The fourth-order valence-electron chi connectivity index (χ4n) is 2.45. The van der Waals surface area contributed by atoms with Crippen LogP contribution in [-0.2, 0) is 10.0 Å². The molecule has 1 fully saturated rings.